The lowest BCUT2D eigenvalue weighted by Gasteiger charge is -2.35. The number of piperidine rings is 1. The monoisotopic (exact) mass is 332 g/mol. The highest BCUT2D eigenvalue weighted by Gasteiger charge is 2.30. The molecule has 2 rings (SSSR count). The van der Waals surface area contributed by atoms with Crippen molar-refractivity contribution >= 4 is 21.8 Å². The Kier molecular flexibility index (Phi) is 4.52. The average Bonchev–Trinajstić information content (AvgIpc) is 2.37. The van der Waals surface area contributed by atoms with Crippen LogP contribution in [0.3, 0.4) is 0 Å². The predicted octanol–water partition coefficient (Wildman–Crippen LogP) is 2.68. The third-order valence-corrected chi connectivity index (χ3v) is 3.84. The number of nitrogens with two attached hydrogens (primary N) is 1. The van der Waals surface area contributed by atoms with Crippen LogP contribution in [0.25, 0.3) is 0 Å². The Bertz CT molecular complexity index is 473. The molecule has 1 atom stereocenters. The zero-order valence-electron chi connectivity index (χ0n) is 10.3. The van der Waals surface area contributed by atoms with Gasteiger partial charge in [-0.1, -0.05) is 15.9 Å². The molecule has 19 heavy (non-hydrogen) atoms. The van der Waals surface area contributed by atoms with Gasteiger partial charge in [0, 0.05) is 23.6 Å². The van der Waals surface area contributed by atoms with Crippen molar-refractivity contribution in [3.05, 3.63) is 33.8 Å². The predicted molar refractivity (Wildman–Crippen MR) is 71.8 cm³/mol. The number of benzene rings is 1. The summed E-state index contributed by atoms with van der Waals surface area (Å²) in [7, 11) is 0. The van der Waals surface area contributed by atoms with Crippen molar-refractivity contribution < 1.29 is 13.6 Å². The van der Waals surface area contributed by atoms with E-state index in [1.807, 2.05) is 0 Å². The lowest BCUT2D eigenvalue weighted by Crippen LogP contribution is -2.47. The molecule has 1 amide bonds. The number of nitrogens with zero attached hydrogens (tertiary/aromatic N) is 1. The lowest BCUT2D eigenvalue weighted by atomic mass is 10.0. The first-order valence-corrected chi connectivity index (χ1v) is 6.99. The molecule has 1 aliphatic heterocycles. The second-order valence-corrected chi connectivity index (χ2v) is 5.54. The molecule has 3 nitrogen and oxygen atoms in total. The van der Waals surface area contributed by atoms with Crippen LogP contribution in [0.1, 0.15) is 29.6 Å². The van der Waals surface area contributed by atoms with Gasteiger partial charge in [-0.2, -0.15) is 0 Å². The standard InChI is InChI=1S/C13H15BrF2N2O/c14-8-5-10(15)12(11(16)6-8)13(19)18-4-2-1-3-9(18)7-17/h5-6,9H,1-4,7,17H2. The molecule has 1 unspecified atom stereocenters. The van der Waals surface area contributed by atoms with E-state index in [9.17, 15) is 13.6 Å². The third kappa shape index (κ3) is 2.95. The Labute approximate surface area is 118 Å². The molecular weight excluding hydrogens is 318 g/mol. The highest BCUT2D eigenvalue weighted by Crippen LogP contribution is 2.24. The summed E-state index contributed by atoms with van der Waals surface area (Å²) in [5, 5.41) is 0. The molecule has 0 bridgehead atoms. The summed E-state index contributed by atoms with van der Waals surface area (Å²) < 4.78 is 27.9. The van der Waals surface area contributed by atoms with Crippen LogP contribution in [-0.4, -0.2) is 29.9 Å². The van der Waals surface area contributed by atoms with Gasteiger partial charge in [-0.05, 0) is 31.4 Å². The number of amides is 1. The van der Waals surface area contributed by atoms with Gasteiger partial charge in [0.1, 0.15) is 17.2 Å². The van der Waals surface area contributed by atoms with Crippen LogP contribution < -0.4 is 5.73 Å². The number of likely N-dealkylation sites (tertiary alicyclic amines) is 1. The summed E-state index contributed by atoms with van der Waals surface area (Å²) in [5.74, 6) is -2.31. The van der Waals surface area contributed by atoms with Gasteiger partial charge in [-0.25, -0.2) is 8.78 Å². The van der Waals surface area contributed by atoms with Crippen LogP contribution in [-0.2, 0) is 0 Å². The molecule has 1 aromatic carbocycles. The number of carbonyl (C=O) groups is 1. The number of hydrogen-bond acceptors (Lipinski definition) is 2. The van der Waals surface area contributed by atoms with E-state index in [2.05, 4.69) is 15.9 Å². The Morgan fingerprint density at radius 2 is 2.00 bits per heavy atom. The highest BCUT2D eigenvalue weighted by molar-refractivity contribution is 9.10. The van der Waals surface area contributed by atoms with Gasteiger partial charge in [0.25, 0.3) is 5.91 Å². The molecule has 1 fully saturated rings. The minimum atomic E-state index is -0.849. The van der Waals surface area contributed by atoms with Gasteiger partial charge in [-0.3, -0.25) is 4.79 Å². The summed E-state index contributed by atoms with van der Waals surface area (Å²) in [6, 6.07) is 2.05. The quantitative estimate of drug-likeness (QED) is 0.905. The van der Waals surface area contributed by atoms with E-state index < -0.39 is 23.1 Å². The lowest BCUT2D eigenvalue weighted by molar-refractivity contribution is 0.0613. The molecule has 2 N–H and O–H groups in total. The number of rotatable bonds is 2. The molecule has 0 aliphatic carbocycles. The third-order valence-electron chi connectivity index (χ3n) is 3.38. The fourth-order valence-corrected chi connectivity index (χ4v) is 2.81. The van der Waals surface area contributed by atoms with Gasteiger partial charge >= 0.3 is 0 Å². The number of carbonyl (C=O) groups excluding carboxylic acids is 1. The van der Waals surface area contributed by atoms with Crippen molar-refractivity contribution in [1.82, 2.24) is 4.90 Å². The van der Waals surface area contributed by atoms with E-state index in [-0.39, 0.29) is 10.5 Å². The molecule has 0 aromatic heterocycles. The summed E-state index contributed by atoms with van der Waals surface area (Å²) in [5.41, 5.74) is 5.12. The molecule has 6 heteroatoms. The maximum Gasteiger partial charge on any atom is 0.260 e. The Hall–Kier alpha value is -1.01. The van der Waals surface area contributed by atoms with Crippen LogP contribution >= 0.6 is 15.9 Å². The second kappa shape index (κ2) is 5.96. The zero-order valence-corrected chi connectivity index (χ0v) is 11.9. The first kappa shape index (κ1) is 14.4. The topological polar surface area (TPSA) is 46.3 Å². The molecule has 1 saturated heterocycles. The minimum absolute atomic E-state index is 0.135. The van der Waals surface area contributed by atoms with E-state index in [4.69, 9.17) is 5.73 Å². The van der Waals surface area contributed by atoms with Gasteiger partial charge in [-0.15, -0.1) is 0 Å². The first-order valence-electron chi connectivity index (χ1n) is 6.20. The number of hydrogen-bond donors (Lipinski definition) is 1. The zero-order chi connectivity index (χ0) is 14.0. The Morgan fingerprint density at radius 3 is 2.58 bits per heavy atom. The van der Waals surface area contributed by atoms with E-state index in [1.165, 1.54) is 4.90 Å². The number of halogens is 3. The van der Waals surface area contributed by atoms with Crippen LogP contribution in [0.4, 0.5) is 8.78 Å². The molecule has 1 aromatic rings. The summed E-state index contributed by atoms with van der Waals surface area (Å²) in [6.07, 6.45) is 2.60. The van der Waals surface area contributed by atoms with Crippen molar-refractivity contribution in [2.24, 2.45) is 5.73 Å². The molecule has 1 aliphatic rings. The minimum Gasteiger partial charge on any atom is -0.334 e. The van der Waals surface area contributed by atoms with Crippen LogP contribution in [0.15, 0.2) is 16.6 Å². The average molecular weight is 333 g/mol. The normalized spacial score (nSPS) is 19.6. The molecular formula is C13H15BrF2N2O. The highest BCUT2D eigenvalue weighted by atomic mass is 79.9. The van der Waals surface area contributed by atoms with Crippen molar-refractivity contribution in [1.29, 1.82) is 0 Å². The fourth-order valence-electron chi connectivity index (χ4n) is 2.40. The van der Waals surface area contributed by atoms with Crippen molar-refractivity contribution in [3.8, 4) is 0 Å². The maximum absolute atomic E-state index is 13.8. The Balaban J connectivity index is 2.33. The van der Waals surface area contributed by atoms with Crippen LogP contribution in [0.2, 0.25) is 0 Å². The summed E-state index contributed by atoms with van der Waals surface area (Å²) >= 11 is 2.99. The first-order chi connectivity index (χ1) is 9.04. The Morgan fingerprint density at radius 1 is 1.37 bits per heavy atom. The van der Waals surface area contributed by atoms with Gasteiger partial charge in [0.15, 0.2) is 0 Å². The summed E-state index contributed by atoms with van der Waals surface area (Å²) in [4.78, 5) is 13.8. The molecule has 104 valence electrons. The maximum atomic E-state index is 13.8. The smallest absolute Gasteiger partial charge is 0.260 e. The van der Waals surface area contributed by atoms with Gasteiger partial charge in [0.05, 0.1) is 0 Å². The molecule has 0 spiro atoms. The fraction of sp³-hybridized carbons (Fsp3) is 0.462. The van der Waals surface area contributed by atoms with Gasteiger partial charge < -0.3 is 10.6 Å². The van der Waals surface area contributed by atoms with Gasteiger partial charge in [0.2, 0.25) is 0 Å². The van der Waals surface area contributed by atoms with Crippen molar-refractivity contribution in [2.45, 2.75) is 25.3 Å². The molecule has 0 radical (unpaired) electrons. The largest absolute Gasteiger partial charge is 0.334 e. The van der Waals surface area contributed by atoms with Crippen molar-refractivity contribution in [2.75, 3.05) is 13.1 Å². The molecule has 1 heterocycles. The van der Waals surface area contributed by atoms with E-state index in [1.54, 1.807) is 0 Å². The van der Waals surface area contributed by atoms with E-state index in [0.717, 1.165) is 31.4 Å². The molecule has 0 saturated carbocycles. The van der Waals surface area contributed by atoms with Crippen LogP contribution in [0, 0.1) is 11.6 Å². The van der Waals surface area contributed by atoms with E-state index >= 15 is 0 Å². The van der Waals surface area contributed by atoms with Crippen molar-refractivity contribution in [3.63, 3.8) is 0 Å². The SMILES string of the molecule is NCC1CCCCN1C(=O)c1c(F)cc(Br)cc1F. The van der Waals surface area contributed by atoms with Crippen LogP contribution in [0.5, 0.6) is 0 Å². The van der Waals surface area contributed by atoms with E-state index in [0.29, 0.717) is 13.1 Å². The summed E-state index contributed by atoms with van der Waals surface area (Å²) in [6.45, 7) is 0.807. The second-order valence-electron chi connectivity index (χ2n) is 4.63.